The lowest BCUT2D eigenvalue weighted by atomic mass is 10.2. The Balaban J connectivity index is 1.86. The monoisotopic (exact) mass is 263 g/mol. The van der Waals surface area contributed by atoms with Gasteiger partial charge in [0.25, 0.3) is 5.91 Å². The summed E-state index contributed by atoms with van der Waals surface area (Å²) in [5.74, 6) is -0.731. The van der Waals surface area contributed by atoms with Gasteiger partial charge in [0.05, 0.1) is 6.21 Å². The molecule has 98 valence electrons. The first-order valence-corrected chi connectivity index (χ1v) is 5.24. The van der Waals surface area contributed by atoms with Crippen molar-refractivity contribution in [1.82, 2.24) is 25.6 Å². The molecule has 0 saturated heterocycles. The van der Waals surface area contributed by atoms with Crippen LogP contribution in [0.1, 0.15) is 5.56 Å². The lowest BCUT2D eigenvalue weighted by molar-refractivity contribution is -0.121. The lowest BCUT2D eigenvalue weighted by Crippen LogP contribution is -2.24. The molecule has 0 fully saturated rings. The number of hydrogen-bond acceptors (Lipinski definition) is 6. The third-order valence-corrected chi connectivity index (χ3v) is 2.13. The highest BCUT2D eigenvalue weighted by molar-refractivity contribution is 5.82. The molecule has 0 bridgehead atoms. The second-order valence-electron chi connectivity index (χ2n) is 3.54. The highest BCUT2D eigenvalue weighted by Gasteiger charge is 2.06. The van der Waals surface area contributed by atoms with E-state index in [2.05, 4.69) is 26.1 Å². The van der Waals surface area contributed by atoms with Crippen LogP contribution in [0.4, 0.5) is 10.3 Å². The summed E-state index contributed by atoms with van der Waals surface area (Å²) in [6, 6.07) is 5.66. The Morgan fingerprint density at radius 1 is 1.47 bits per heavy atom. The van der Waals surface area contributed by atoms with Crippen LogP contribution in [0, 0.1) is 5.82 Å². The molecule has 0 radical (unpaired) electrons. The lowest BCUT2D eigenvalue weighted by Gasteiger charge is -1.99. The summed E-state index contributed by atoms with van der Waals surface area (Å²) in [6.07, 6.45) is 1.39. The fraction of sp³-hybridized carbons (Fsp3) is 0.100. The molecule has 1 aromatic heterocycles. The number of amides is 1. The van der Waals surface area contributed by atoms with Crippen LogP contribution in [0.15, 0.2) is 29.4 Å². The molecule has 0 aliphatic heterocycles. The Kier molecular flexibility index (Phi) is 3.76. The molecule has 8 nitrogen and oxygen atoms in total. The summed E-state index contributed by atoms with van der Waals surface area (Å²) in [6.45, 7) is -0.139. The van der Waals surface area contributed by atoms with E-state index in [0.29, 0.717) is 5.56 Å². The number of hydrogen-bond donors (Lipinski definition) is 2. The summed E-state index contributed by atoms with van der Waals surface area (Å²) in [5.41, 5.74) is 8.33. The average Bonchev–Trinajstić information content (AvgIpc) is 2.78. The summed E-state index contributed by atoms with van der Waals surface area (Å²) in [5, 5.41) is 13.9. The van der Waals surface area contributed by atoms with E-state index >= 15 is 0 Å². The number of hydrazone groups is 1. The second kappa shape index (κ2) is 5.67. The first-order valence-electron chi connectivity index (χ1n) is 5.24. The Hall–Kier alpha value is -2.84. The zero-order chi connectivity index (χ0) is 13.7. The van der Waals surface area contributed by atoms with Gasteiger partial charge in [0.15, 0.2) is 0 Å². The topological polar surface area (TPSA) is 111 Å². The minimum Gasteiger partial charge on any atom is -0.367 e. The third kappa shape index (κ3) is 3.56. The number of nitrogens with zero attached hydrogens (tertiary/aromatic N) is 5. The number of carbonyl (C=O) groups is 1. The number of nitrogen functional groups attached to an aromatic ring is 1. The standard InChI is InChI=1S/C10H10FN7O/c11-8-3-1-7(2-4-8)5-13-14-9(19)6-18-10(12)15-16-17-18/h1-5H,6H2,(H,14,19)(H2,12,15,17)/b13-5+. The van der Waals surface area contributed by atoms with Crippen LogP contribution >= 0.6 is 0 Å². The van der Waals surface area contributed by atoms with Gasteiger partial charge in [-0.1, -0.05) is 17.2 Å². The molecule has 1 aromatic carbocycles. The summed E-state index contributed by atoms with van der Waals surface area (Å²) >= 11 is 0. The average molecular weight is 263 g/mol. The van der Waals surface area contributed by atoms with E-state index in [1.807, 2.05) is 0 Å². The third-order valence-electron chi connectivity index (χ3n) is 2.13. The number of aromatic nitrogens is 4. The minimum absolute atomic E-state index is 0.0395. The maximum atomic E-state index is 12.6. The first kappa shape index (κ1) is 12.6. The molecule has 0 aliphatic carbocycles. The predicted octanol–water partition coefficient (Wildman–Crippen LogP) is -0.455. The number of anilines is 1. The SMILES string of the molecule is Nc1nnnn1CC(=O)N/N=C/c1ccc(F)cc1. The van der Waals surface area contributed by atoms with E-state index in [9.17, 15) is 9.18 Å². The van der Waals surface area contributed by atoms with Crippen molar-refractivity contribution in [3.05, 3.63) is 35.6 Å². The largest absolute Gasteiger partial charge is 0.367 e. The zero-order valence-electron chi connectivity index (χ0n) is 9.69. The van der Waals surface area contributed by atoms with E-state index in [-0.39, 0.29) is 18.3 Å². The van der Waals surface area contributed by atoms with Crippen LogP contribution in [-0.2, 0) is 11.3 Å². The van der Waals surface area contributed by atoms with Gasteiger partial charge in [0, 0.05) is 0 Å². The van der Waals surface area contributed by atoms with Gasteiger partial charge in [-0.25, -0.2) is 14.5 Å². The van der Waals surface area contributed by atoms with Crippen LogP contribution in [-0.4, -0.2) is 32.3 Å². The molecule has 3 N–H and O–H groups in total. The summed E-state index contributed by atoms with van der Waals surface area (Å²) < 4.78 is 13.8. The first-order chi connectivity index (χ1) is 9.15. The molecule has 0 spiro atoms. The van der Waals surface area contributed by atoms with Crippen LogP contribution in [0.5, 0.6) is 0 Å². The van der Waals surface area contributed by atoms with Crippen molar-refractivity contribution in [2.45, 2.75) is 6.54 Å². The number of nitrogens with two attached hydrogens (primary N) is 1. The number of carbonyl (C=O) groups excluding carboxylic acids is 1. The highest BCUT2D eigenvalue weighted by atomic mass is 19.1. The number of benzene rings is 1. The Morgan fingerprint density at radius 3 is 2.84 bits per heavy atom. The van der Waals surface area contributed by atoms with Gasteiger partial charge in [-0.3, -0.25) is 4.79 Å². The van der Waals surface area contributed by atoms with Gasteiger partial charge in [0.2, 0.25) is 5.95 Å². The van der Waals surface area contributed by atoms with Crippen molar-refractivity contribution < 1.29 is 9.18 Å². The Bertz CT molecular complexity index is 592. The van der Waals surface area contributed by atoms with Crippen molar-refractivity contribution in [3.8, 4) is 0 Å². The number of nitrogens with one attached hydrogen (secondary N) is 1. The second-order valence-corrected chi connectivity index (χ2v) is 3.54. The Morgan fingerprint density at radius 2 is 2.21 bits per heavy atom. The van der Waals surface area contributed by atoms with E-state index in [4.69, 9.17) is 5.73 Å². The van der Waals surface area contributed by atoms with Crippen molar-refractivity contribution >= 4 is 18.1 Å². The van der Waals surface area contributed by atoms with Crippen LogP contribution in [0.3, 0.4) is 0 Å². The van der Waals surface area contributed by atoms with Gasteiger partial charge in [-0.05, 0) is 28.1 Å². The molecule has 0 atom stereocenters. The summed E-state index contributed by atoms with van der Waals surface area (Å²) in [7, 11) is 0. The molecule has 19 heavy (non-hydrogen) atoms. The maximum absolute atomic E-state index is 12.6. The van der Waals surface area contributed by atoms with Crippen LogP contribution < -0.4 is 11.2 Å². The Labute approximate surface area is 107 Å². The molecular formula is C10H10FN7O. The smallest absolute Gasteiger partial charge is 0.261 e. The zero-order valence-corrected chi connectivity index (χ0v) is 9.69. The molecule has 2 rings (SSSR count). The number of rotatable bonds is 4. The van der Waals surface area contributed by atoms with Crippen molar-refractivity contribution in [1.29, 1.82) is 0 Å². The van der Waals surface area contributed by atoms with Crippen LogP contribution in [0.25, 0.3) is 0 Å². The fourth-order valence-electron chi connectivity index (χ4n) is 1.22. The van der Waals surface area contributed by atoms with E-state index in [1.165, 1.54) is 30.5 Å². The molecule has 1 amide bonds. The van der Waals surface area contributed by atoms with Gasteiger partial charge in [-0.15, -0.1) is 0 Å². The summed E-state index contributed by atoms with van der Waals surface area (Å²) in [4.78, 5) is 11.5. The van der Waals surface area contributed by atoms with E-state index in [0.717, 1.165) is 4.68 Å². The van der Waals surface area contributed by atoms with Crippen molar-refractivity contribution in [2.75, 3.05) is 5.73 Å². The molecule has 0 unspecified atom stereocenters. The predicted molar refractivity (Wildman–Crippen MR) is 64.4 cm³/mol. The normalized spacial score (nSPS) is 10.8. The molecule has 2 aromatic rings. The molecule has 0 aliphatic rings. The van der Waals surface area contributed by atoms with Crippen LogP contribution in [0.2, 0.25) is 0 Å². The van der Waals surface area contributed by atoms with Gasteiger partial charge < -0.3 is 5.73 Å². The van der Waals surface area contributed by atoms with Gasteiger partial charge >= 0.3 is 0 Å². The van der Waals surface area contributed by atoms with Crippen molar-refractivity contribution in [2.24, 2.45) is 5.10 Å². The fourth-order valence-corrected chi connectivity index (χ4v) is 1.22. The van der Waals surface area contributed by atoms with E-state index < -0.39 is 5.91 Å². The molecule has 0 saturated carbocycles. The number of tetrazole rings is 1. The molecule has 1 heterocycles. The number of halogens is 1. The minimum atomic E-state index is -0.433. The van der Waals surface area contributed by atoms with Crippen molar-refractivity contribution in [3.63, 3.8) is 0 Å². The van der Waals surface area contributed by atoms with Gasteiger partial charge in [-0.2, -0.15) is 5.10 Å². The van der Waals surface area contributed by atoms with Gasteiger partial charge in [0.1, 0.15) is 12.4 Å². The van der Waals surface area contributed by atoms with E-state index in [1.54, 1.807) is 0 Å². The maximum Gasteiger partial charge on any atom is 0.261 e. The molecule has 9 heteroatoms. The highest BCUT2D eigenvalue weighted by Crippen LogP contribution is 1.99. The molecular weight excluding hydrogens is 253 g/mol. The quantitative estimate of drug-likeness (QED) is 0.573.